The summed E-state index contributed by atoms with van der Waals surface area (Å²) in [6.07, 6.45) is 3.35. The van der Waals surface area contributed by atoms with E-state index in [9.17, 15) is 14.3 Å². The van der Waals surface area contributed by atoms with Crippen LogP contribution >= 0.6 is 0 Å². The van der Waals surface area contributed by atoms with Gasteiger partial charge in [0.25, 0.3) is 0 Å². The third-order valence-electron chi connectivity index (χ3n) is 6.66. The first kappa shape index (κ1) is 21.4. The highest BCUT2D eigenvalue weighted by Crippen LogP contribution is 2.36. The number of aryl methyl sites for hydroxylation is 1. The van der Waals surface area contributed by atoms with Crippen molar-refractivity contribution in [1.82, 2.24) is 29.6 Å². The Kier molecular flexibility index (Phi) is 5.53. The van der Waals surface area contributed by atoms with Gasteiger partial charge in [0.15, 0.2) is 12.0 Å². The molecule has 0 saturated carbocycles. The van der Waals surface area contributed by atoms with Crippen LogP contribution in [0.15, 0.2) is 41.5 Å². The van der Waals surface area contributed by atoms with Gasteiger partial charge in [-0.25, -0.2) is 14.2 Å². The molecule has 3 aromatic rings. The maximum absolute atomic E-state index is 15.0. The maximum Gasteiger partial charge on any atom is 0.350 e. The van der Waals surface area contributed by atoms with Gasteiger partial charge in [0.1, 0.15) is 18.2 Å². The van der Waals surface area contributed by atoms with E-state index in [4.69, 9.17) is 4.74 Å². The topological polar surface area (TPSA) is 106 Å². The van der Waals surface area contributed by atoms with E-state index < -0.39 is 18.0 Å². The van der Waals surface area contributed by atoms with Crippen LogP contribution in [0.4, 0.5) is 4.39 Å². The Morgan fingerprint density at radius 2 is 2.00 bits per heavy atom. The third-order valence-corrected chi connectivity index (χ3v) is 6.66. The Morgan fingerprint density at radius 1 is 1.15 bits per heavy atom. The van der Waals surface area contributed by atoms with Gasteiger partial charge in [0.2, 0.25) is 5.88 Å². The van der Waals surface area contributed by atoms with E-state index >= 15 is 0 Å². The lowest BCUT2D eigenvalue weighted by Crippen LogP contribution is -2.59. The second-order valence-electron chi connectivity index (χ2n) is 8.72. The van der Waals surface area contributed by atoms with Crippen LogP contribution in [0.5, 0.6) is 11.6 Å². The predicted molar refractivity (Wildman–Crippen MR) is 119 cm³/mol. The number of benzene rings is 1. The number of nitrogens with zero attached hydrogens (tertiary/aromatic N) is 6. The minimum atomic E-state index is -1.07. The normalized spacial score (nSPS) is 25.1. The number of fused-ring (bicyclic) bond motifs is 2. The Morgan fingerprint density at radius 3 is 2.73 bits per heavy atom. The second-order valence-corrected chi connectivity index (χ2v) is 8.72. The van der Waals surface area contributed by atoms with Crippen LogP contribution < -0.4 is 10.4 Å². The molecule has 0 spiro atoms. The fourth-order valence-corrected chi connectivity index (χ4v) is 4.76. The summed E-state index contributed by atoms with van der Waals surface area (Å²) in [4.78, 5) is 21.9. The van der Waals surface area contributed by atoms with Crippen molar-refractivity contribution >= 4 is 0 Å². The van der Waals surface area contributed by atoms with Gasteiger partial charge in [-0.2, -0.15) is 4.98 Å². The summed E-state index contributed by atoms with van der Waals surface area (Å²) in [7, 11) is 3.55. The fraction of sp³-hybridized carbons (Fsp3) is 0.435. The van der Waals surface area contributed by atoms with E-state index in [0.717, 1.165) is 19.3 Å². The van der Waals surface area contributed by atoms with E-state index in [1.807, 2.05) is 7.05 Å². The molecule has 2 aliphatic rings. The lowest BCUT2D eigenvalue weighted by Gasteiger charge is -2.48. The molecule has 0 aliphatic carbocycles. The van der Waals surface area contributed by atoms with Gasteiger partial charge >= 0.3 is 5.69 Å². The molecule has 2 aromatic heterocycles. The van der Waals surface area contributed by atoms with Crippen molar-refractivity contribution in [3.63, 3.8) is 0 Å². The van der Waals surface area contributed by atoms with Gasteiger partial charge in [0.05, 0.1) is 5.69 Å². The van der Waals surface area contributed by atoms with Crippen molar-refractivity contribution in [3.8, 4) is 34.3 Å². The standard InChI is InChI=1S/C23H25FN6O3/c1-29-12-25-22(26-23(29)32)13-6-7-15(18(31)10-13)16-8-9-20(28-27-16)33-19-11-14-4-3-5-17(21(19)24)30(14)2/h6-10,12,14,17,19,21,31H,3-5,11H2,1-2H3/t14?,17?,19-,21+/m1/s1. The van der Waals surface area contributed by atoms with Crippen LogP contribution in [-0.2, 0) is 7.05 Å². The molecular formula is C23H25FN6O3. The molecule has 1 N–H and O–H groups in total. The molecule has 0 amide bonds. The molecule has 2 unspecified atom stereocenters. The van der Waals surface area contributed by atoms with Gasteiger partial charge in [-0.05, 0) is 38.1 Å². The predicted octanol–water partition coefficient (Wildman–Crippen LogP) is 2.35. The molecule has 5 rings (SSSR count). The molecular weight excluding hydrogens is 427 g/mol. The van der Waals surface area contributed by atoms with Crippen molar-refractivity contribution in [2.75, 3.05) is 7.05 Å². The molecule has 9 nitrogen and oxygen atoms in total. The number of alkyl halides is 1. The van der Waals surface area contributed by atoms with Crippen LogP contribution in [0, 0.1) is 0 Å². The molecule has 172 valence electrons. The van der Waals surface area contributed by atoms with Crippen molar-refractivity contribution < 1.29 is 14.2 Å². The minimum absolute atomic E-state index is 0.0493. The monoisotopic (exact) mass is 452 g/mol. The molecule has 2 bridgehead atoms. The zero-order valence-electron chi connectivity index (χ0n) is 18.4. The van der Waals surface area contributed by atoms with E-state index in [2.05, 4.69) is 25.1 Å². The molecule has 10 heteroatoms. The molecule has 2 aliphatic heterocycles. The first-order valence-corrected chi connectivity index (χ1v) is 11.0. The third kappa shape index (κ3) is 4.06. The highest BCUT2D eigenvalue weighted by atomic mass is 19.1. The molecule has 4 atom stereocenters. The number of halogens is 1. The maximum atomic E-state index is 15.0. The minimum Gasteiger partial charge on any atom is -0.507 e. The molecule has 1 aromatic carbocycles. The zero-order valence-corrected chi connectivity index (χ0v) is 18.4. The largest absolute Gasteiger partial charge is 0.507 e. The summed E-state index contributed by atoms with van der Waals surface area (Å²) in [6, 6.07) is 8.36. The Balaban J connectivity index is 1.32. The quantitative estimate of drug-likeness (QED) is 0.643. The van der Waals surface area contributed by atoms with Crippen molar-refractivity contribution in [2.45, 2.75) is 50.0 Å². The fourth-order valence-electron chi connectivity index (χ4n) is 4.76. The number of rotatable bonds is 4. The van der Waals surface area contributed by atoms with Crippen LogP contribution in [-0.4, -0.2) is 66.1 Å². The van der Waals surface area contributed by atoms with Crippen molar-refractivity contribution in [3.05, 3.63) is 47.1 Å². The van der Waals surface area contributed by atoms with E-state index in [-0.39, 0.29) is 23.5 Å². The SMILES string of the molecule is CN1C2CCCC1[C@H](F)[C@H](Oc1ccc(-c3ccc(-c4ncn(C)c(=O)n4)cc3O)nn1)C2. The number of hydrogen-bond acceptors (Lipinski definition) is 8. The number of hydrogen-bond donors (Lipinski definition) is 1. The van der Waals surface area contributed by atoms with Gasteiger partial charge in [0, 0.05) is 42.7 Å². The summed E-state index contributed by atoms with van der Waals surface area (Å²) in [5.41, 5.74) is 0.963. The highest BCUT2D eigenvalue weighted by molar-refractivity contribution is 5.71. The number of piperidine rings is 2. The molecule has 4 heterocycles. The number of ether oxygens (including phenoxy) is 1. The summed E-state index contributed by atoms with van der Waals surface area (Å²) >= 11 is 0. The van der Waals surface area contributed by atoms with Gasteiger partial charge in [-0.15, -0.1) is 10.2 Å². The number of phenols is 1. The smallest absolute Gasteiger partial charge is 0.350 e. The van der Waals surface area contributed by atoms with Gasteiger partial charge < -0.3 is 9.84 Å². The van der Waals surface area contributed by atoms with Crippen LogP contribution in [0.1, 0.15) is 25.7 Å². The first-order valence-electron chi connectivity index (χ1n) is 11.0. The van der Waals surface area contributed by atoms with E-state index in [0.29, 0.717) is 29.3 Å². The van der Waals surface area contributed by atoms with Crippen molar-refractivity contribution in [1.29, 1.82) is 0 Å². The van der Waals surface area contributed by atoms with Crippen LogP contribution in [0.25, 0.3) is 22.6 Å². The molecule has 0 radical (unpaired) electrons. The Bertz CT molecular complexity index is 1220. The highest BCUT2D eigenvalue weighted by Gasteiger charge is 2.45. The Hall–Kier alpha value is -3.40. The number of phenolic OH excluding ortho intramolecular Hbond substituents is 1. The van der Waals surface area contributed by atoms with Crippen LogP contribution in [0.3, 0.4) is 0 Å². The van der Waals surface area contributed by atoms with Crippen LogP contribution in [0.2, 0.25) is 0 Å². The average Bonchev–Trinajstić information content (AvgIpc) is 2.80. The molecule has 33 heavy (non-hydrogen) atoms. The summed E-state index contributed by atoms with van der Waals surface area (Å²) < 4.78 is 22.1. The van der Waals surface area contributed by atoms with Gasteiger partial charge in [-0.1, -0.05) is 12.5 Å². The summed E-state index contributed by atoms with van der Waals surface area (Å²) in [6.45, 7) is 0. The summed E-state index contributed by atoms with van der Waals surface area (Å²) in [5.74, 6) is 0.434. The molecule has 2 fully saturated rings. The van der Waals surface area contributed by atoms with Crippen molar-refractivity contribution in [2.24, 2.45) is 7.05 Å². The molecule has 2 saturated heterocycles. The lowest BCUT2D eigenvalue weighted by molar-refractivity contribution is -0.0640. The van der Waals surface area contributed by atoms with Gasteiger partial charge in [-0.3, -0.25) is 9.47 Å². The number of aromatic nitrogens is 5. The number of aromatic hydroxyl groups is 1. The van der Waals surface area contributed by atoms with E-state index in [1.54, 1.807) is 31.3 Å². The zero-order chi connectivity index (χ0) is 23.1. The first-order chi connectivity index (χ1) is 15.9. The van der Waals surface area contributed by atoms with E-state index in [1.165, 1.54) is 17.0 Å². The second kappa shape index (κ2) is 8.51. The Labute approximate surface area is 189 Å². The average molecular weight is 452 g/mol. The lowest BCUT2D eigenvalue weighted by atomic mass is 9.82. The summed E-state index contributed by atoms with van der Waals surface area (Å²) in [5, 5.41) is 18.8.